The fourth-order valence-corrected chi connectivity index (χ4v) is 1.97. The van der Waals surface area contributed by atoms with E-state index in [1.807, 2.05) is 0 Å². The number of amides is 1. The van der Waals surface area contributed by atoms with E-state index in [1.54, 1.807) is 24.0 Å². The highest BCUT2D eigenvalue weighted by atomic mass is 16.4. The van der Waals surface area contributed by atoms with Crippen molar-refractivity contribution in [2.24, 2.45) is 11.7 Å². The van der Waals surface area contributed by atoms with Gasteiger partial charge in [-0.05, 0) is 37.8 Å². The Balaban J connectivity index is 2.28. The molecule has 0 aliphatic heterocycles. The van der Waals surface area contributed by atoms with Gasteiger partial charge in [-0.1, -0.05) is 0 Å². The van der Waals surface area contributed by atoms with Crippen LogP contribution in [0.4, 0.5) is 5.82 Å². The molecule has 1 aromatic heterocycles. The molecular weight excluding hydrogens is 246 g/mol. The van der Waals surface area contributed by atoms with Gasteiger partial charge < -0.3 is 15.7 Å². The summed E-state index contributed by atoms with van der Waals surface area (Å²) in [6, 6.07) is 3.16. The lowest BCUT2D eigenvalue weighted by Gasteiger charge is -2.22. The average Bonchev–Trinajstić information content (AvgIpc) is 3.10. The van der Waals surface area contributed by atoms with Crippen LogP contribution >= 0.6 is 0 Å². The van der Waals surface area contributed by atoms with Crippen LogP contribution in [0.25, 0.3) is 0 Å². The predicted octanol–water partition coefficient (Wildman–Crippen LogP) is 0.790. The zero-order chi connectivity index (χ0) is 14.0. The molecule has 1 fully saturated rings. The van der Waals surface area contributed by atoms with Crippen LogP contribution in [-0.2, 0) is 4.79 Å². The smallest absolute Gasteiger partial charge is 0.323 e. The van der Waals surface area contributed by atoms with Gasteiger partial charge in [0.05, 0.1) is 0 Å². The van der Waals surface area contributed by atoms with Crippen molar-refractivity contribution in [3.8, 4) is 0 Å². The van der Waals surface area contributed by atoms with Crippen LogP contribution in [0.1, 0.15) is 28.9 Å². The molecule has 0 spiro atoms. The first-order chi connectivity index (χ1) is 8.95. The fraction of sp³-hybridized carbons (Fsp3) is 0.462. The molecule has 6 heteroatoms. The first-order valence-corrected chi connectivity index (χ1v) is 6.21. The molecule has 1 amide bonds. The largest absolute Gasteiger partial charge is 0.480 e. The van der Waals surface area contributed by atoms with Crippen molar-refractivity contribution in [1.29, 1.82) is 0 Å². The topological polar surface area (TPSA) is 96.5 Å². The molecule has 0 saturated heterocycles. The van der Waals surface area contributed by atoms with Crippen LogP contribution in [0.5, 0.6) is 0 Å². The molecule has 1 aliphatic carbocycles. The van der Waals surface area contributed by atoms with Gasteiger partial charge in [0, 0.05) is 17.8 Å². The zero-order valence-corrected chi connectivity index (χ0v) is 10.8. The summed E-state index contributed by atoms with van der Waals surface area (Å²) in [7, 11) is 0. The van der Waals surface area contributed by atoms with E-state index in [1.165, 1.54) is 0 Å². The third-order valence-corrected chi connectivity index (χ3v) is 3.05. The van der Waals surface area contributed by atoms with Gasteiger partial charge in [0.1, 0.15) is 12.4 Å². The minimum absolute atomic E-state index is 0.120. The molecule has 2 rings (SSSR count). The van der Waals surface area contributed by atoms with E-state index in [4.69, 9.17) is 10.8 Å². The molecule has 0 radical (unpaired) electrons. The van der Waals surface area contributed by atoms with Gasteiger partial charge in [-0.2, -0.15) is 0 Å². The van der Waals surface area contributed by atoms with E-state index in [0.29, 0.717) is 29.5 Å². The molecule has 0 atom stereocenters. The highest BCUT2D eigenvalue weighted by Crippen LogP contribution is 2.31. The summed E-state index contributed by atoms with van der Waals surface area (Å²) in [6.45, 7) is 2.29. The van der Waals surface area contributed by atoms with Crippen molar-refractivity contribution < 1.29 is 14.7 Å². The lowest BCUT2D eigenvalue weighted by Crippen LogP contribution is -2.32. The van der Waals surface area contributed by atoms with E-state index in [2.05, 4.69) is 4.98 Å². The second kappa shape index (κ2) is 5.26. The van der Waals surface area contributed by atoms with Gasteiger partial charge in [-0.3, -0.25) is 9.59 Å². The molecule has 1 heterocycles. The minimum Gasteiger partial charge on any atom is -0.480 e. The van der Waals surface area contributed by atoms with Gasteiger partial charge in [-0.15, -0.1) is 0 Å². The Bertz CT molecular complexity index is 512. The predicted molar refractivity (Wildman–Crippen MR) is 70.1 cm³/mol. The van der Waals surface area contributed by atoms with Crippen LogP contribution in [-0.4, -0.2) is 35.1 Å². The third kappa shape index (κ3) is 3.67. The van der Waals surface area contributed by atoms with Crippen molar-refractivity contribution in [3.63, 3.8) is 0 Å². The SMILES string of the molecule is Cc1cc(C(N)=O)cc(N(CC(=O)O)CC2CC2)n1. The number of hydrogen-bond acceptors (Lipinski definition) is 4. The number of carboxylic acid groups (broad SMARTS) is 1. The molecule has 6 nitrogen and oxygen atoms in total. The van der Waals surface area contributed by atoms with E-state index in [9.17, 15) is 9.59 Å². The highest BCUT2D eigenvalue weighted by molar-refractivity contribution is 5.93. The Morgan fingerprint density at radius 2 is 2.16 bits per heavy atom. The minimum atomic E-state index is -0.912. The molecule has 102 valence electrons. The van der Waals surface area contributed by atoms with Crippen LogP contribution in [0.15, 0.2) is 12.1 Å². The second-order valence-corrected chi connectivity index (χ2v) is 4.94. The number of nitrogens with two attached hydrogens (primary N) is 1. The molecule has 3 N–H and O–H groups in total. The van der Waals surface area contributed by atoms with Gasteiger partial charge >= 0.3 is 5.97 Å². The summed E-state index contributed by atoms with van der Waals surface area (Å²) >= 11 is 0. The maximum atomic E-state index is 11.2. The fourth-order valence-electron chi connectivity index (χ4n) is 1.97. The number of primary amides is 1. The number of aromatic nitrogens is 1. The van der Waals surface area contributed by atoms with Gasteiger partial charge in [0.2, 0.25) is 5.91 Å². The van der Waals surface area contributed by atoms with Gasteiger partial charge in [-0.25, -0.2) is 4.98 Å². The summed E-state index contributed by atoms with van der Waals surface area (Å²) in [5.74, 6) is -0.417. The number of aliphatic carboxylic acids is 1. The maximum absolute atomic E-state index is 11.2. The number of hydrogen-bond donors (Lipinski definition) is 2. The number of carbonyl (C=O) groups excluding carboxylic acids is 1. The van der Waals surface area contributed by atoms with Crippen molar-refractivity contribution in [2.45, 2.75) is 19.8 Å². The third-order valence-electron chi connectivity index (χ3n) is 3.05. The lowest BCUT2D eigenvalue weighted by molar-refractivity contribution is -0.135. The molecule has 1 aromatic rings. The van der Waals surface area contributed by atoms with Crippen LogP contribution < -0.4 is 10.6 Å². The zero-order valence-electron chi connectivity index (χ0n) is 10.8. The molecular formula is C13H17N3O3. The number of carboxylic acids is 1. The number of pyridine rings is 1. The Morgan fingerprint density at radius 3 is 2.68 bits per heavy atom. The van der Waals surface area contributed by atoms with Crippen molar-refractivity contribution in [3.05, 3.63) is 23.4 Å². The standard InChI is InChI=1S/C13H17N3O3/c1-8-4-10(13(14)19)5-11(15-8)16(7-12(17)18)6-9-2-3-9/h4-5,9H,2-3,6-7H2,1H3,(H2,14,19)(H,17,18). The van der Waals surface area contributed by atoms with Gasteiger partial charge in [0.15, 0.2) is 0 Å². The van der Waals surface area contributed by atoms with Crippen molar-refractivity contribution >= 4 is 17.7 Å². The first-order valence-electron chi connectivity index (χ1n) is 6.21. The summed E-state index contributed by atoms with van der Waals surface area (Å²) in [4.78, 5) is 28.2. The quantitative estimate of drug-likeness (QED) is 0.791. The van der Waals surface area contributed by atoms with E-state index in [-0.39, 0.29) is 6.54 Å². The van der Waals surface area contributed by atoms with Crippen molar-refractivity contribution in [1.82, 2.24) is 4.98 Å². The molecule has 1 aliphatic rings. The second-order valence-electron chi connectivity index (χ2n) is 4.94. The number of carbonyl (C=O) groups is 2. The lowest BCUT2D eigenvalue weighted by atomic mass is 10.2. The maximum Gasteiger partial charge on any atom is 0.323 e. The van der Waals surface area contributed by atoms with Crippen LogP contribution in [0.3, 0.4) is 0 Å². The molecule has 0 unspecified atom stereocenters. The van der Waals surface area contributed by atoms with Crippen molar-refractivity contribution in [2.75, 3.05) is 18.0 Å². The summed E-state index contributed by atoms with van der Waals surface area (Å²) in [5, 5.41) is 8.97. The molecule has 19 heavy (non-hydrogen) atoms. The Labute approximate surface area is 111 Å². The summed E-state index contributed by atoms with van der Waals surface area (Å²) in [6.07, 6.45) is 2.23. The average molecular weight is 263 g/mol. The number of aryl methyl sites for hydroxylation is 1. The summed E-state index contributed by atoms with van der Waals surface area (Å²) in [5.41, 5.74) is 6.27. The Hall–Kier alpha value is -2.11. The van der Waals surface area contributed by atoms with E-state index >= 15 is 0 Å². The van der Waals surface area contributed by atoms with E-state index in [0.717, 1.165) is 12.8 Å². The normalized spacial score (nSPS) is 14.2. The number of nitrogens with zero attached hydrogens (tertiary/aromatic N) is 2. The summed E-state index contributed by atoms with van der Waals surface area (Å²) < 4.78 is 0. The molecule has 0 bridgehead atoms. The van der Waals surface area contributed by atoms with Crippen LogP contribution in [0, 0.1) is 12.8 Å². The Morgan fingerprint density at radius 1 is 1.47 bits per heavy atom. The highest BCUT2D eigenvalue weighted by Gasteiger charge is 2.26. The van der Waals surface area contributed by atoms with Crippen LogP contribution in [0.2, 0.25) is 0 Å². The Kier molecular flexibility index (Phi) is 3.69. The molecule has 1 saturated carbocycles. The number of anilines is 1. The molecule has 0 aromatic carbocycles. The first kappa shape index (κ1) is 13.3. The van der Waals surface area contributed by atoms with E-state index < -0.39 is 11.9 Å². The van der Waals surface area contributed by atoms with Gasteiger partial charge in [0.25, 0.3) is 0 Å². The number of rotatable bonds is 6. The monoisotopic (exact) mass is 263 g/mol.